The van der Waals surface area contributed by atoms with Crippen LogP contribution in [0.1, 0.15) is 43.5 Å². The average Bonchev–Trinajstić information content (AvgIpc) is 2.98. The predicted molar refractivity (Wildman–Crippen MR) is 101 cm³/mol. The van der Waals surface area contributed by atoms with Crippen molar-refractivity contribution in [1.82, 2.24) is 15.2 Å². The quantitative estimate of drug-likeness (QED) is 0.834. The van der Waals surface area contributed by atoms with Gasteiger partial charge in [-0.2, -0.15) is 0 Å². The Hall–Kier alpha value is -2.33. The van der Waals surface area contributed by atoms with E-state index < -0.39 is 0 Å². The van der Waals surface area contributed by atoms with E-state index in [1.807, 2.05) is 48.3 Å². The van der Waals surface area contributed by atoms with E-state index in [-0.39, 0.29) is 11.9 Å². The number of hydrogen-bond acceptors (Lipinski definition) is 4. The highest BCUT2D eigenvalue weighted by molar-refractivity contribution is 6.30. The van der Waals surface area contributed by atoms with Crippen molar-refractivity contribution in [2.75, 3.05) is 7.05 Å². The number of Topliss-reactive ketones (excluding diaryl/α,β-unsaturated/α-hetero) is 1. The first-order valence-electron chi connectivity index (χ1n) is 8.54. The third-order valence-corrected chi connectivity index (χ3v) is 4.69. The Balaban J connectivity index is 1.97. The van der Waals surface area contributed by atoms with E-state index >= 15 is 0 Å². The number of halogens is 1. The number of unbranched alkanes of at least 4 members (excludes halogenated alkanes) is 1. The van der Waals surface area contributed by atoms with Crippen molar-refractivity contribution < 1.29 is 4.79 Å². The van der Waals surface area contributed by atoms with Crippen molar-refractivity contribution in [3.05, 3.63) is 70.6 Å². The third-order valence-electron chi connectivity index (χ3n) is 4.43. The van der Waals surface area contributed by atoms with Gasteiger partial charge < -0.3 is 10.2 Å². The third kappa shape index (κ3) is 3.69. The molecule has 0 aliphatic carbocycles. The first-order valence-corrected chi connectivity index (χ1v) is 8.92. The van der Waals surface area contributed by atoms with Gasteiger partial charge in [-0.25, -0.2) is 0 Å². The number of nitrogens with zero attached hydrogens (tertiary/aromatic N) is 2. The molecule has 1 N–H and O–H groups in total. The summed E-state index contributed by atoms with van der Waals surface area (Å²) in [4.78, 5) is 19.0. The highest BCUT2D eigenvalue weighted by atomic mass is 35.5. The molecule has 130 valence electrons. The molecule has 1 unspecified atom stereocenters. The maximum absolute atomic E-state index is 12.9. The molecule has 1 atom stereocenters. The van der Waals surface area contributed by atoms with Crippen molar-refractivity contribution in [1.29, 1.82) is 0 Å². The lowest BCUT2D eigenvalue weighted by atomic mass is 10.1. The summed E-state index contributed by atoms with van der Waals surface area (Å²) in [6.45, 7) is 2.10. The zero-order valence-corrected chi connectivity index (χ0v) is 15.3. The number of carbonyl (C=O) groups is 1. The largest absolute Gasteiger partial charge is 0.359 e. The van der Waals surface area contributed by atoms with Crippen LogP contribution < -0.4 is 5.32 Å². The van der Waals surface area contributed by atoms with Crippen LogP contribution in [0.15, 0.2) is 54.5 Å². The molecule has 1 aliphatic rings. The van der Waals surface area contributed by atoms with Gasteiger partial charge in [0.25, 0.3) is 0 Å². The predicted octanol–water partition coefficient (Wildman–Crippen LogP) is 4.40. The van der Waals surface area contributed by atoms with Crippen LogP contribution in [0.25, 0.3) is 5.70 Å². The second kappa shape index (κ2) is 7.70. The van der Waals surface area contributed by atoms with Crippen LogP contribution in [0.2, 0.25) is 5.02 Å². The molecule has 5 heteroatoms. The van der Waals surface area contributed by atoms with Gasteiger partial charge in [0.15, 0.2) is 5.78 Å². The lowest BCUT2D eigenvalue weighted by molar-refractivity contribution is -0.117. The van der Waals surface area contributed by atoms with E-state index in [9.17, 15) is 4.79 Å². The number of nitrogens with one attached hydrogen (secondary N) is 1. The van der Waals surface area contributed by atoms with Crippen molar-refractivity contribution in [3.63, 3.8) is 0 Å². The summed E-state index contributed by atoms with van der Waals surface area (Å²) < 4.78 is 0. The summed E-state index contributed by atoms with van der Waals surface area (Å²) in [7, 11) is 1.96. The van der Waals surface area contributed by atoms with Crippen LogP contribution in [0.3, 0.4) is 0 Å². The van der Waals surface area contributed by atoms with E-state index in [1.165, 1.54) is 0 Å². The minimum absolute atomic E-state index is 0.0963. The number of hydrogen-bond donors (Lipinski definition) is 1. The highest BCUT2D eigenvalue weighted by Gasteiger charge is 2.33. The molecular weight excluding hydrogens is 334 g/mol. The van der Waals surface area contributed by atoms with Gasteiger partial charge in [0.2, 0.25) is 0 Å². The molecule has 3 rings (SSSR count). The lowest BCUT2D eigenvalue weighted by Crippen LogP contribution is -2.27. The first kappa shape index (κ1) is 17.5. The van der Waals surface area contributed by atoms with Crippen LogP contribution in [0.4, 0.5) is 0 Å². The number of ketones is 1. The zero-order valence-electron chi connectivity index (χ0n) is 14.5. The van der Waals surface area contributed by atoms with Crippen LogP contribution in [0, 0.1) is 0 Å². The number of rotatable bonds is 6. The fourth-order valence-electron chi connectivity index (χ4n) is 3.09. The lowest BCUT2D eigenvalue weighted by Gasteiger charge is -2.24. The average molecular weight is 356 g/mol. The molecule has 0 fully saturated rings. The Morgan fingerprint density at radius 1 is 1.20 bits per heavy atom. The summed E-state index contributed by atoms with van der Waals surface area (Å²) in [6, 6.07) is 11.6. The Labute approximate surface area is 153 Å². The zero-order chi connectivity index (χ0) is 17.8. The van der Waals surface area contributed by atoms with E-state index in [1.54, 1.807) is 12.4 Å². The maximum atomic E-state index is 12.9. The number of pyridine rings is 1. The number of benzene rings is 1. The number of likely N-dealkylation sites (N-methyl/N-ethyl adjacent to an activating group) is 1. The monoisotopic (exact) mass is 355 g/mol. The number of aromatic nitrogens is 1. The van der Waals surface area contributed by atoms with Crippen LogP contribution in [-0.2, 0) is 4.79 Å². The minimum Gasteiger partial charge on any atom is -0.359 e. The molecular formula is C20H22ClN3O. The molecule has 1 aliphatic heterocycles. The summed E-state index contributed by atoms with van der Waals surface area (Å²) in [6.07, 6.45) is 5.84. The van der Waals surface area contributed by atoms with Gasteiger partial charge in [0.1, 0.15) is 11.9 Å². The molecule has 0 amide bonds. The van der Waals surface area contributed by atoms with E-state index in [2.05, 4.69) is 17.2 Å². The Kier molecular flexibility index (Phi) is 5.39. The highest BCUT2D eigenvalue weighted by Crippen LogP contribution is 2.35. The Morgan fingerprint density at radius 2 is 1.88 bits per heavy atom. The van der Waals surface area contributed by atoms with Gasteiger partial charge in [-0.05, 0) is 36.2 Å². The van der Waals surface area contributed by atoms with Gasteiger partial charge in [0.05, 0.1) is 5.70 Å². The van der Waals surface area contributed by atoms with Crippen molar-refractivity contribution >= 4 is 23.1 Å². The van der Waals surface area contributed by atoms with Crippen molar-refractivity contribution in [3.8, 4) is 0 Å². The van der Waals surface area contributed by atoms with Gasteiger partial charge in [-0.1, -0.05) is 37.1 Å². The van der Waals surface area contributed by atoms with Crippen molar-refractivity contribution in [2.45, 2.75) is 32.4 Å². The molecule has 0 radical (unpaired) electrons. The molecule has 2 aromatic rings. The first-order chi connectivity index (χ1) is 12.1. The van der Waals surface area contributed by atoms with Gasteiger partial charge in [-0.15, -0.1) is 0 Å². The fraction of sp³-hybridized carbons (Fsp3) is 0.300. The Bertz CT molecular complexity index is 771. The maximum Gasteiger partial charge on any atom is 0.181 e. The fourth-order valence-corrected chi connectivity index (χ4v) is 3.22. The molecule has 1 aromatic carbocycles. The van der Waals surface area contributed by atoms with E-state index in [0.717, 1.165) is 35.4 Å². The topological polar surface area (TPSA) is 45.2 Å². The molecule has 0 bridgehead atoms. The SMILES string of the molecule is CCCCC(=O)C1=C(c2ccncc2)NC(c2ccc(Cl)cc2)N1C. The Morgan fingerprint density at radius 3 is 2.52 bits per heavy atom. The summed E-state index contributed by atoms with van der Waals surface area (Å²) in [5.74, 6) is 0.167. The van der Waals surface area contributed by atoms with E-state index in [0.29, 0.717) is 11.4 Å². The van der Waals surface area contributed by atoms with Crippen molar-refractivity contribution in [2.24, 2.45) is 0 Å². The molecule has 4 nitrogen and oxygen atoms in total. The number of allylic oxidation sites excluding steroid dienone is 1. The van der Waals surface area contributed by atoms with Crippen LogP contribution >= 0.6 is 11.6 Å². The van der Waals surface area contributed by atoms with Gasteiger partial charge >= 0.3 is 0 Å². The molecule has 2 heterocycles. The molecule has 0 saturated carbocycles. The minimum atomic E-state index is -0.0963. The standard InChI is InChI=1S/C20H22ClN3O/c1-3-4-5-17(25)19-18(14-10-12-22-13-11-14)23-20(24(19)2)15-6-8-16(21)9-7-15/h6-13,20,23H,3-5H2,1-2H3. The summed E-state index contributed by atoms with van der Waals surface area (Å²) in [5, 5.41) is 4.21. The molecule has 1 aromatic heterocycles. The number of carbonyl (C=O) groups excluding carboxylic acids is 1. The summed E-state index contributed by atoms with van der Waals surface area (Å²) in [5.41, 5.74) is 3.64. The summed E-state index contributed by atoms with van der Waals surface area (Å²) >= 11 is 6.01. The van der Waals surface area contributed by atoms with E-state index in [4.69, 9.17) is 11.6 Å². The van der Waals surface area contributed by atoms with Crippen LogP contribution in [-0.4, -0.2) is 22.7 Å². The molecule has 0 saturated heterocycles. The molecule has 0 spiro atoms. The normalized spacial score (nSPS) is 16.9. The molecule has 25 heavy (non-hydrogen) atoms. The van der Waals surface area contributed by atoms with Crippen LogP contribution in [0.5, 0.6) is 0 Å². The second-order valence-electron chi connectivity index (χ2n) is 6.20. The van der Waals surface area contributed by atoms with Gasteiger partial charge in [0, 0.05) is 36.4 Å². The van der Waals surface area contributed by atoms with Gasteiger partial charge in [-0.3, -0.25) is 9.78 Å². The second-order valence-corrected chi connectivity index (χ2v) is 6.63. The smallest absolute Gasteiger partial charge is 0.181 e.